The molecule has 0 unspecified atom stereocenters. The van der Waals surface area contributed by atoms with Crippen molar-refractivity contribution in [3.8, 4) is 33.4 Å². The molecule has 0 fully saturated rings. The monoisotopic (exact) mass is 598 g/mol. The number of fused-ring (bicyclic) bond motifs is 2. The van der Waals surface area contributed by atoms with Gasteiger partial charge >= 0.3 is 6.18 Å². The van der Waals surface area contributed by atoms with Crippen LogP contribution < -0.4 is 0 Å². The molecule has 0 N–H and O–H groups in total. The Labute approximate surface area is 263 Å². The first-order valence-corrected chi connectivity index (χ1v) is 15.3. The van der Waals surface area contributed by atoms with Gasteiger partial charge in [0.1, 0.15) is 0 Å². The topological polar surface area (TPSA) is 0 Å². The minimum atomic E-state index is -4.36. The normalized spacial score (nSPS) is 12.2. The molecule has 0 nitrogen and oxygen atoms in total. The Hall–Kier alpha value is -5.67. The van der Waals surface area contributed by atoms with E-state index in [-0.39, 0.29) is 0 Å². The average molecular weight is 599 g/mol. The second-order valence-electron chi connectivity index (χ2n) is 12.0. The molecule has 46 heavy (non-hydrogen) atoms. The van der Waals surface area contributed by atoms with Crippen LogP contribution in [0.5, 0.6) is 0 Å². The Kier molecular flexibility index (Phi) is 5.76. The molecular formula is C43H25F3. The maximum Gasteiger partial charge on any atom is 0.416 e. The molecule has 218 valence electrons. The molecule has 0 aliphatic rings. The van der Waals surface area contributed by atoms with Gasteiger partial charge in [0.05, 0.1) is 5.56 Å². The molecule has 0 aliphatic heterocycles. The largest absolute Gasteiger partial charge is 0.416 e. The van der Waals surface area contributed by atoms with Crippen molar-refractivity contribution in [3.05, 3.63) is 157 Å². The van der Waals surface area contributed by atoms with E-state index < -0.39 is 11.7 Å². The van der Waals surface area contributed by atoms with E-state index in [4.69, 9.17) is 0 Å². The third-order valence-corrected chi connectivity index (χ3v) is 9.44. The fourth-order valence-electron chi connectivity index (χ4n) is 7.28. The van der Waals surface area contributed by atoms with Crippen LogP contribution in [0.25, 0.3) is 87.2 Å². The molecular weight excluding hydrogens is 573 g/mol. The quantitative estimate of drug-likeness (QED) is 0.140. The highest BCUT2D eigenvalue weighted by atomic mass is 19.4. The van der Waals surface area contributed by atoms with E-state index in [9.17, 15) is 13.2 Å². The predicted octanol–water partition coefficient (Wildman–Crippen LogP) is 12.9. The fourth-order valence-corrected chi connectivity index (χ4v) is 7.28. The predicted molar refractivity (Wildman–Crippen MR) is 186 cm³/mol. The van der Waals surface area contributed by atoms with Crippen LogP contribution in [-0.2, 0) is 6.18 Å². The minimum Gasteiger partial charge on any atom is -0.166 e. The Morgan fingerprint density at radius 2 is 0.783 bits per heavy atom. The van der Waals surface area contributed by atoms with Crippen LogP contribution >= 0.6 is 0 Å². The van der Waals surface area contributed by atoms with Crippen molar-refractivity contribution in [3.63, 3.8) is 0 Å². The third kappa shape index (κ3) is 4.09. The van der Waals surface area contributed by atoms with Gasteiger partial charge in [0, 0.05) is 0 Å². The summed E-state index contributed by atoms with van der Waals surface area (Å²) in [5.74, 6) is 0. The molecule has 0 aromatic heterocycles. The van der Waals surface area contributed by atoms with Gasteiger partial charge in [0.25, 0.3) is 0 Å². The fraction of sp³-hybridized carbons (Fsp3) is 0.0233. The van der Waals surface area contributed by atoms with Crippen LogP contribution in [0.4, 0.5) is 13.2 Å². The number of benzene rings is 9. The standard InChI is InChI=1S/C43H25F3/c44-43(45,46)33-19-13-27(14-20-33)35-22-16-30-17-23-38-34(21-15-29-18-24-39(35)42(30)41(29)38)26-9-11-28(12-10-26)40-36-7-3-1-5-31(36)25-32-6-2-4-8-37(32)40/h1-25H. The summed E-state index contributed by atoms with van der Waals surface area (Å²) in [6, 6.07) is 50.8. The van der Waals surface area contributed by atoms with Gasteiger partial charge in [0.15, 0.2) is 0 Å². The van der Waals surface area contributed by atoms with E-state index in [2.05, 4.69) is 121 Å². The number of hydrogen-bond donors (Lipinski definition) is 0. The first kappa shape index (κ1) is 26.7. The number of halogens is 3. The zero-order chi connectivity index (χ0) is 31.0. The maximum atomic E-state index is 13.3. The van der Waals surface area contributed by atoms with Crippen molar-refractivity contribution in [1.82, 2.24) is 0 Å². The lowest BCUT2D eigenvalue weighted by atomic mass is 9.86. The van der Waals surface area contributed by atoms with Crippen molar-refractivity contribution in [2.75, 3.05) is 0 Å². The zero-order valence-electron chi connectivity index (χ0n) is 24.6. The van der Waals surface area contributed by atoms with Crippen LogP contribution in [-0.4, -0.2) is 0 Å². The van der Waals surface area contributed by atoms with Crippen molar-refractivity contribution in [2.24, 2.45) is 0 Å². The first-order chi connectivity index (χ1) is 22.4. The molecule has 0 saturated heterocycles. The van der Waals surface area contributed by atoms with Crippen molar-refractivity contribution in [1.29, 1.82) is 0 Å². The molecule has 9 aromatic carbocycles. The Bertz CT molecular complexity index is 2540. The lowest BCUT2D eigenvalue weighted by Crippen LogP contribution is -2.04. The van der Waals surface area contributed by atoms with E-state index in [1.807, 2.05) is 6.07 Å². The first-order valence-electron chi connectivity index (χ1n) is 15.3. The number of rotatable bonds is 3. The van der Waals surface area contributed by atoms with Crippen LogP contribution in [0.3, 0.4) is 0 Å². The second kappa shape index (κ2) is 9.92. The summed E-state index contributed by atoms with van der Waals surface area (Å²) in [5.41, 5.74) is 5.75. The van der Waals surface area contributed by atoms with Crippen LogP contribution in [0.1, 0.15) is 5.56 Å². The SMILES string of the molecule is FC(F)(F)c1ccc(-c2ccc3ccc4c(-c5ccc(-c6c7ccccc7cc7ccccc67)cc5)ccc5ccc2c3c54)cc1. The average Bonchev–Trinajstić information content (AvgIpc) is 3.09. The summed E-state index contributed by atoms with van der Waals surface area (Å²) in [6.07, 6.45) is -4.36. The highest BCUT2D eigenvalue weighted by molar-refractivity contribution is 6.27. The maximum absolute atomic E-state index is 13.3. The number of hydrogen-bond acceptors (Lipinski definition) is 0. The molecule has 0 saturated carbocycles. The van der Waals surface area contributed by atoms with Gasteiger partial charge in [-0.2, -0.15) is 13.2 Å². The van der Waals surface area contributed by atoms with E-state index >= 15 is 0 Å². The summed E-state index contributed by atoms with van der Waals surface area (Å²) < 4.78 is 39.8. The van der Waals surface area contributed by atoms with Gasteiger partial charge in [-0.1, -0.05) is 133 Å². The summed E-state index contributed by atoms with van der Waals surface area (Å²) in [4.78, 5) is 0. The Morgan fingerprint density at radius 1 is 0.348 bits per heavy atom. The van der Waals surface area contributed by atoms with Gasteiger partial charge in [-0.05, 0) is 105 Å². The summed E-state index contributed by atoms with van der Waals surface area (Å²) in [5, 5.41) is 11.7. The molecule has 0 atom stereocenters. The molecule has 0 bridgehead atoms. The molecule has 0 spiro atoms. The zero-order valence-corrected chi connectivity index (χ0v) is 24.6. The third-order valence-electron chi connectivity index (χ3n) is 9.44. The van der Waals surface area contributed by atoms with Gasteiger partial charge in [-0.15, -0.1) is 0 Å². The van der Waals surface area contributed by atoms with Gasteiger partial charge in [0.2, 0.25) is 0 Å². The Balaban J connectivity index is 1.20. The lowest BCUT2D eigenvalue weighted by Gasteiger charge is -2.17. The summed E-state index contributed by atoms with van der Waals surface area (Å²) in [7, 11) is 0. The second-order valence-corrected chi connectivity index (χ2v) is 12.0. The van der Waals surface area contributed by atoms with E-state index in [0.29, 0.717) is 0 Å². The van der Waals surface area contributed by atoms with Crippen LogP contribution in [0.15, 0.2) is 152 Å². The smallest absolute Gasteiger partial charge is 0.166 e. The van der Waals surface area contributed by atoms with Gasteiger partial charge in [-0.3, -0.25) is 0 Å². The number of alkyl halides is 3. The van der Waals surface area contributed by atoms with Crippen LogP contribution in [0, 0.1) is 0 Å². The van der Waals surface area contributed by atoms with Crippen molar-refractivity contribution >= 4 is 53.9 Å². The summed E-state index contributed by atoms with van der Waals surface area (Å²) >= 11 is 0. The van der Waals surface area contributed by atoms with E-state index in [0.717, 1.165) is 61.3 Å². The molecule has 9 rings (SSSR count). The lowest BCUT2D eigenvalue weighted by molar-refractivity contribution is -0.137. The molecule has 0 radical (unpaired) electrons. The van der Waals surface area contributed by atoms with Gasteiger partial charge in [-0.25, -0.2) is 0 Å². The highest BCUT2D eigenvalue weighted by Gasteiger charge is 2.30. The molecule has 0 heterocycles. The van der Waals surface area contributed by atoms with E-state index in [1.165, 1.54) is 38.1 Å². The van der Waals surface area contributed by atoms with E-state index in [1.54, 1.807) is 12.1 Å². The minimum absolute atomic E-state index is 0.641. The molecule has 0 aliphatic carbocycles. The van der Waals surface area contributed by atoms with Crippen molar-refractivity contribution < 1.29 is 13.2 Å². The molecule has 3 heteroatoms. The highest BCUT2D eigenvalue weighted by Crippen LogP contribution is 2.43. The van der Waals surface area contributed by atoms with Gasteiger partial charge < -0.3 is 0 Å². The van der Waals surface area contributed by atoms with Crippen LogP contribution in [0.2, 0.25) is 0 Å². The molecule has 0 amide bonds. The summed E-state index contributed by atoms with van der Waals surface area (Å²) in [6.45, 7) is 0. The molecule has 9 aromatic rings. The van der Waals surface area contributed by atoms with Crippen molar-refractivity contribution in [2.45, 2.75) is 6.18 Å². The Morgan fingerprint density at radius 3 is 1.28 bits per heavy atom.